The highest BCUT2D eigenvalue weighted by Crippen LogP contribution is 2.28. The van der Waals surface area contributed by atoms with Crippen molar-refractivity contribution in [3.63, 3.8) is 0 Å². The van der Waals surface area contributed by atoms with Gasteiger partial charge in [0.05, 0.1) is 0 Å². The molecule has 0 atom stereocenters. The standard InChI is InChI=1S/C21H18S/c1-2-16-12-13-18(15-19-10-6-7-11-21(19)22)20(14-16)17-8-4-3-5-9-17/h2-14,22H,1,15H2. The Morgan fingerprint density at radius 3 is 2.27 bits per heavy atom. The summed E-state index contributed by atoms with van der Waals surface area (Å²) in [5, 5.41) is 0. The molecule has 0 aliphatic heterocycles. The van der Waals surface area contributed by atoms with Crippen molar-refractivity contribution in [1.29, 1.82) is 0 Å². The van der Waals surface area contributed by atoms with E-state index in [4.69, 9.17) is 0 Å². The molecule has 0 bridgehead atoms. The molecule has 0 saturated heterocycles. The van der Waals surface area contributed by atoms with Crippen LogP contribution in [-0.4, -0.2) is 0 Å². The second kappa shape index (κ2) is 6.67. The predicted octanol–water partition coefficient (Wildman–Crippen LogP) is 5.88. The van der Waals surface area contributed by atoms with Crippen LogP contribution in [0.25, 0.3) is 17.2 Å². The number of rotatable bonds is 4. The first-order valence-corrected chi connectivity index (χ1v) is 7.80. The van der Waals surface area contributed by atoms with Crippen LogP contribution in [0.4, 0.5) is 0 Å². The van der Waals surface area contributed by atoms with E-state index in [0.717, 1.165) is 16.9 Å². The van der Waals surface area contributed by atoms with Crippen LogP contribution < -0.4 is 0 Å². The number of benzene rings is 3. The zero-order chi connectivity index (χ0) is 15.4. The molecule has 0 radical (unpaired) electrons. The maximum absolute atomic E-state index is 4.57. The largest absolute Gasteiger partial charge is 0.143 e. The summed E-state index contributed by atoms with van der Waals surface area (Å²) in [4.78, 5) is 1.04. The molecule has 0 unspecified atom stereocenters. The molecule has 0 amide bonds. The van der Waals surface area contributed by atoms with Crippen LogP contribution in [0.1, 0.15) is 16.7 Å². The van der Waals surface area contributed by atoms with Gasteiger partial charge in [0.15, 0.2) is 0 Å². The Labute approximate surface area is 137 Å². The summed E-state index contributed by atoms with van der Waals surface area (Å²) >= 11 is 4.57. The Kier molecular flexibility index (Phi) is 4.45. The van der Waals surface area contributed by atoms with Crippen LogP contribution in [-0.2, 0) is 6.42 Å². The Morgan fingerprint density at radius 2 is 1.55 bits per heavy atom. The van der Waals surface area contributed by atoms with Gasteiger partial charge in [-0.05, 0) is 46.4 Å². The lowest BCUT2D eigenvalue weighted by atomic mass is 9.93. The highest BCUT2D eigenvalue weighted by atomic mass is 32.1. The molecule has 3 aromatic carbocycles. The van der Waals surface area contributed by atoms with Crippen LogP contribution in [0.2, 0.25) is 0 Å². The van der Waals surface area contributed by atoms with Crippen LogP contribution in [0.5, 0.6) is 0 Å². The topological polar surface area (TPSA) is 0 Å². The van der Waals surface area contributed by atoms with Gasteiger partial charge in [-0.3, -0.25) is 0 Å². The van der Waals surface area contributed by atoms with Gasteiger partial charge >= 0.3 is 0 Å². The fourth-order valence-electron chi connectivity index (χ4n) is 2.63. The van der Waals surface area contributed by atoms with E-state index in [1.807, 2.05) is 24.3 Å². The first-order valence-electron chi connectivity index (χ1n) is 7.35. The Hall–Kier alpha value is -2.25. The molecule has 0 heterocycles. The van der Waals surface area contributed by atoms with Gasteiger partial charge in [0.2, 0.25) is 0 Å². The molecule has 0 aromatic heterocycles. The Bertz CT molecular complexity index is 788. The van der Waals surface area contributed by atoms with E-state index in [1.54, 1.807) is 0 Å². The van der Waals surface area contributed by atoms with Gasteiger partial charge in [-0.2, -0.15) is 0 Å². The summed E-state index contributed by atoms with van der Waals surface area (Å²) in [6.45, 7) is 3.88. The maximum Gasteiger partial charge on any atom is 0.00754 e. The average molecular weight is 302 g/mol. The number of thiol groups is 1. The Morgan fingerprint density at radius 1 is 0.818 bits per heavy atom. The van der Waals surface area contributed by atoms with Crippen molar-refractivity contribution in [3.8, 4) is 11.1 Å². The molecule has 22 heavy (non-hydrogen) atoms. The highest BCUT2D eigenvalue weighted by Gasteiger charge is 2.08. The van der Waals surface area contributed by atoms with Crippen molar-refractivity contribution >= 4 is 18.7 Å². The third kappa shape index (κ3) is 3.15. The maximum atomic E-state index is 4.57. The monoisotopic (exact) mass is 302 g/mol. The van der Waals surface area contributed by atoms with E-state index >= 15 is 0 Å². The van der Waals surface area contributed by atoms with Crippen LogP contribution in [0.3, 0.4) is 0 Å². The second-order valence-electron chi connectivity index (χ2n) is 5.29. The van der Waals surface area contributed by atoms with E-state index in [-0.39, 0.29) is 0 Å². The minimum atomic E-state index is 0.876. The zero-order valence-electron chi connectivity index (χ0n) is 12.4. The van der Waals surface area contributed by atoms with Crippen molar-refractivity contribution in [1.82, 2.24) is 0 Å². The fraction of sp³-hybridized carbons (Fsp3) is 0.0476. The minimum Gasteiger partial charge on any atom is -0.143 e. The molecule has 0 N–H and O–H groups in total. The number of hydrogen-bond acceptors (Lipinski definition) is 1. The van der Waals surface area contributed by atoms with Crippen molar-refractivity contribution in [2.24, 2.45) is 0 Å². The van der Waals surface area contributed by atoms with Crippen LogP contribution in [0, 0.1) is 0 Å². The molecule has 3 rings (SSSR count). The van der Waals surface area contributed by atoms with Crippen molar-refractivity contribution in [2.45, 2.75) is 11.3 Å². The van der Waals surface area contributed by atoms with Gasteiger partial charge in [-0.1, -0.05) is 73.3 Å². The van der Waals surface area contributed by atoms with Gasteiger partial charge in [0.25, 0.3) is 0 Å². The zero-order valence-corrected chi connectivity index (χ0v) is 13.3. The van der Waals surface area contributed by atoms with E-state index in [2.05, 4.69) is 73.8 Å². The van der Waals surface area contributed by atoms with Crippen molar-refractivity contribution in [2.75, 3.05) is 0 Å². The summed E-state index contributed by atoms with van der Waals surface area (Å²) in [6, 6.07) is 25.3. The lowest BCUT2D eigenvalue weighted by Crippen LogP contribution is -1.94. The lowest BCUT2D eigenvalue weighted by Gasteiger charge is -2.12. The summed E-state index contributed by atoms with van der Waals surface area (Å²) in [7, 11) is 0. The molecule has 0 spiro atoms. The van der Waals surface area contributed by atoms with E-state index in [0.29, 0.717) is 0 Å². The third-order valence-corrected chi connectivity index (χ3v) is 4.26. The molecule has 0 nitrogen and oxygen atoms in total. The van der Waals surface area contributed by atoms with Gasteiger partial charge < -0.3 is 0 Å². The van der Waals surface area contributed by atoms with Gasteiger partial charge in [-0.25, -0.2) is 0 Å². The first-order chi connectivity index (χ1) is 10.8. The predicted molar refractivity (Wildman–Crippen MR) is 98.5 cm³/mol. The van der Waals surface area contributed by atoms with Crippen LogP contribution >= 0.6 is 12.6 Å². The molecule has 0 aliphatic rings. The SMILES string of the molecule is C=Cc1ccc(Cc2ccccc2S)c(-c2ccccc2)c1. The molecular weight excluding hydrogens is 284 g/mol. The van der Waals surface area contributed by atoms with E-state index in [1.165, 1.54) is 22.3 Å². The molecular formula is C21H18S. The van der Waals surface area contributed by atoms with Crippen LogP contribution in [0.15, 0.2) is 84.3 Å². The normalized spacial score (nSPS) is 10.4. The summed E-state index contributed by atoms with van der Waals surface area (Å²) in [5.74, 6) is 0. The summed E-state index contributed by atoms with van der Waals surface area (Å²) in [5.41, 5.74) is 6.18. The molecule has 0 aliphatic carbocycles. The van der Waals surface area contributed by atoms with E-state index < -0.39 is 0 Å². The number of hydrogen-bond donors (Lipinski definition) is 1. The van der Waals surface area contributed by atoms with Gasteiger partial charge in [0, 0.05) is 4.90 Å². The molecule has 108 valence electrons. The van der Waals surface area contributed by atoms with E-state index in [9.17, 15) is 0 Å². The molecule has 1 heteroatoms. The molecule has 0 fully saturated rings. The first kappa shape index (κ1) is 14.7. The average Bonchev–Trinajstić information content (AvgIpc) is 2.58. The fourth-order valence-corrected chi connectivity index (χ4v) is 2.87. The molecule has 3 aromatic rings. The van der Waals surface area contributed by atoms with Gasteiger partial charge in [-0.15, -0.1) is 12.6 Å². The van der Waals surface area contributed by atoms with Crippen molar-refractivity contribution < 1.29 is 0 Å². The highest BCUT2D eigenvalue weighted by molar-refractivity contribution is 7.80. The summed E-state index contributed by atoms with van der Waals surface area (Å²) in [6.07, 6.45) is 2.77. The van der Waals surface area contributed by atoms with Gasteiger partial charge in [0.1, 0.15) is 0 Å². The quantitative estimate of drug-likeness (QED) is 0.572. The third-order valence-electron chi connectivity index (χ3n) is 3.83. The molecule has 0 saturated carbocycles. The second-order valence-corrected chi connectivity index (χ2v) is 5.77. The Balaban J connectivity index is 2.08. The lowest BCUT2D eigenvalue weighted by molar-refractivity contribution is 1.13. The smallest absolute Gasteiger partial charge is 0.00754 e. The minimum absolute atomic E-state index is 0.876. The van der Waals surface area contributed by atoms with Crippen molar-refractivity contribution in [3.05, 3.63) is 96.1 Å². The summed E-state index contributed by atoms with van der Waals surface area (Å²) < 4.78 is 0.